The van der Waals surface area contributed by atoms with Crippen LogP contribution in [0.1, 0.15) is 15.8 Å². The van der Waals surface area contributed by atoms with E-state index in [1.165, 1.54) is 13.5 Å². The third-order valence-corrected chi connectivity index (χ3v) is 5.23. The predicted molar refractivity (Wildman–Crippen MR) is 78.4 cm³/mol. The zero-order valence-corrected chi connectivity index (χ0v) is 12.9. The van der Waals surface area contributed by atoms with E-state index in [-0.39, 0.29) is 0 Å². The molecule has 1 atom stereocenters. The molecule has 2 nitrogen and oxygen atoms in total. The van der Waals surface area contributed by atoms with Gasteiger partial charge in [-0.25, -0.2) is 0 Å². The molecule has 0 aromatic carbocycles. The van der Waals surface area contributed by atoms with Crippen molar-refractivity contribution >= 4 is 38.6 Å². The second-order valence-corrected chi connectivity index (χ2v) is 7.10. The molecule has 0 aliphatic heterocycles. The maximum atomic E-state index is 5.38. The van der Waals surface area contributed by atoms with E-state index < -0.39 is 0 Å². The summed E-state index contributed by atoms with van der Waals surface area (Å²) in [6, 6.07) is 6.60. The molecule has 1 unspecified atom stereocenters. The van der Waals surface area contributed by atoms with Gasteiger partial charge < -0.3 is 10.1 Å². The summed E-state index contributed by atoms with van der Waals surface area (Å²) in [6.07, 6.45) is 0.990. The number of hydrogen-bond acceptors (Lipinski definition) is 4. The lowest BCUT2D eigenvalue weighted by molar-refractivity contribution is 0.405. The Kier molecular flexibility index (Phi) is 4.62. The van der Waals surface area contributed by atoms with Crippen molar-refractivity contribution < 1.29 is 4.74 Å². The first-order chi connectivity index (χ1) is 8.24. The van der Waals surface area contributed by atoms with Crippen LogP contribution in [0.25, 0.3) is 0 Å². The number of hydrogen-bond donors (Lipinski definition) is 1. The molecule has 0 saturated heterocycles. The maximum absolute atomic E-state index is 5.38. The fraction of sp³-hybridized carbons (Fsp3) is 0.333. The fourth-order valence-corrected chi connectivity index (χ4v) is 4.22. The SMILES string of the molecule is CNC(Cc1ccc(Br)s1)c1sccc1OC. The second-order valence-electron chi connectivity index (χ2n) is 3.60. The average molecular weight is 332 g/mol. The summed E-state index contributed by atoms with van der Waals surface area (Å²) in [4.78, 5) is 2.63. The molecule has 0 amide bonds. The highest BCUT2D eigenvalue weighted by molar-refractivity contribution is 9.11. The van der Waals surface area contributed by atoms with E-state index in [0.29, 0.717) is 6.04 Å². The Labute approximate surface area is 118 Å². The van der Waals surface area contributed by atoms with Gasteiger partial charge >= 0.3 is 0 Å². The van der Waals surface area contributed by atoms with Crippen LogP contribution in [-0.4, -0.2) is 14.2 Å². The third kappa shape index (κ3) is 3.10. The molecule has 0 saturated carbocycles. The topological polar surface area (TPSA) is 21.3 Å². The van der Waals surface area contributed by atoms with Crippen molar-refractivity contribution in [3.05, 3.63) is 37.1 Å². The number of halogens is 1. The molecule has 5 heteroatoms. The molecule has 0 aliphatic carbocycles. The molecule has 0 aliphatic rings. The predicted octanol–water partition coefficient (Wildman–Crippen LogP) is 4.08. The quantitative estimate of drug-likeness (QED) is 0.891. The standard InChI is InChI=1S/C12H14BrNOS2/c1-14-9(7-8-3-4-11(13)17-8)12-10(15-2)5-6-16-12/h3-6,9,14H,7H2,1-2H3. The highest BCUT2D eigenvalue weighted by atomic mass is 79.9. The summed E-state index contributed by atoms with van der Waals surface area (Å²) in [5, 5.41) is 5.43. The number of ether oxygens (including phenoxy) is 1. The lowest BCUT2D eigenvalue weighted by Crippen LogP contribution is -2.17. The highest BCUT2D eigenvalue weighted by Crippen LogP contribution is 2.34. The number of likely N-dealkylation sites (N-methyl/N-ethyl adjacent to an activating group) is 1. The van der Waals surface area contributed by atoms with Crippen LogP contribution in [0.5, 0.6) is 5.75 Å². The van der Waals surface area contributed by atoms with Gasteiger partial charge in [0.1, 0.15) is 5.75 Å². The molecule has 0 spiro atoms. The molecule has 17 heavy (non-hydrogen) atoms. The second kappa shape index (κ2) is 6.00. The van der Waals surface area contributed by atoms with Crippen LogP contribution in [0.3, 0.4) is 0 Å². The summed E-state index contributed by atoms with van der Waals surface area (Å²) in [5.41, 5.74) is 0. The Morgan fingerprint density at radius 3 is 2.82 bits per heavy atom. The zero-order chi connectivity index (χ0) is 12.3. The van der Waals surface area contributed by atoms with Crippen molar-refractivity contribution in [2.75, 3.05) is 14.2 Å². The van der Waals surface area contributed by atoms with E-state index in [9.17, 15) is 0 Å². The van der Waals surface area contributed by atoms with Crippen molar-refractivity contribution in [2.45, 2.75) is 12.5 Å². The Bertz CT molecular complexity index is 480. The largest absolute Gasteiger partial charge is 0.496 e. The van der Waals surface area contributed by atoms with Gasteiger partial charge in [0.05, 0.1) is 15.8 Å². The van der Waals surface area contributed by atoms with Gasteiger partial charge in [0, 0.05) is 17.3 Å². The van der Waals surface area contributed by atoms with E-state index >= 15 is 0 Å². The van der Waals surface area contributed by atoms with E-state index in [1.54, 1.807) is 29.8 Å². The van der Waals surface area contributed by atoms with Crippen LogP contribution in [0, 0.1) is 0 Å². The van der Waals surface area contributed by atoms with Gasteiger partial charge in [-0.2, -0.15) is 0 Å². The van der Waals surface area contributed by atoms with Crippen LogP contribution < -0.4 is 10.1 Å². The van der Waals surface area contributed by atoms with Crippen LogP contribution in [0.15, 0.2) is 27.4 Å². The minimum atomic E-state index is 0.315. The van der Waals surface area contributed by atoms with Crippen LogP contribution in [-0.2, 0) is 6.42 Å². The van der Waals surface area contributed by atoms with E-state index in [0.717, 1.165) is 12.2 Å². The molecule has 0 fully saturated rings. The minimum absolute atomic E-state index is 0.315. The van der Waals surface area contributed by atoms with Crippen molar-refractivity contribution in [3.63, 3.8) is 0 Å². The summed E-state index contributed by atoms with van der Waals surface area (Å²) in [7, 11) is 3.71. The minimum Gasteiger partial charge on any atom is -0.496 e. The Morgan fingerprint density at radius 2 is 2.24 bits per heavy atom. The molecule has 92 valence electrons. The summed E-state index contributed by atoms with van der Waals surface area (Å²) in [6.45, 7) is 0. The molecule has 2 aromatic heterocycles. The molecule has 1 N–H and O–H groups in total. The Balaban J connectivity index is 2.16. The summed E-state index contributed by atoms with van der Waals surface area (Å²) in [5.74, 6) is 0.977. The summed E-state index contributed by atoms with van der Waals surface area (Å²) < 4.78 is 6.56. The van der Waals surface area contributed by atoms with Crippen LogP contribution in [0.4, 0.5) is 0 Å². The maximum Gasteiger partial charge on any atom is 0.134 e. The van der Waals surface area contributed by atoms with Gasteiger partial charge in [-0.05, 0) is 46.6 Å². The zero-order valence-electron chi connectivity index (χ0n) is 9.70. The van der Waals surface area contributed by atoms with Gasteiger partial charge in [-0.3, -0.25) is 0 Å². The Morgan fingerprint density at radius 1 is 1.41 bits per heavy atom. The lowest BCUT2D eigenvalue weighted by atomic mass is 10.1. The number of rotatable bonds is 5. The number of nitrogens with one attached hydrogen (secondary N) is 1. The van der Waals surface area contributed by atoms with Gasteiger partial charge in [-0.1, -0.05) is 0 Å². The average Bonchev–Trinajstić information content (AvgIpc) is 2.94. The smallest absolute Gasteiger partial charge is 0.134 e. The Hall–Kier alpha value is -0.360. The van der Waals surface area contributed by atoms with Crippen molar-refractivity contribution in [3.8, 4) is 5.75 Å². The van der Waals surface area contributed by atoms with Gasteiger partial charge in [-0.15, -0.1) is 22.7 Å². The third-order valence-electron chi connectivity index (χ3n) is 2.58. The molecule has 2 aromatic rings. The van der Waals surface area contributed by atoms with Crippen molar-refractivity contribution in [2.24, 2.45) is 0 Å². The van der Waals surface area contributed by atoms with Crippen molar-refractivity contribution in [1.29, 1.82) is 0 Å². The first kappa shape index (κ1) is 13.1. The molecule has 2 heterocycles. The molecule has 0 radical (unpaired) electrons. The summed E-state index contributed by atoms with van der Waals surface area (Å²) >= 11 is 7.02. The number of thiophene rings is 2. The first-order valence-corrected chi connectivity index (χ1v) is 7.76. The molecular weight excluding hydrogens is 318 g/mol. The highest BCUT2D eigenvalue weighted by Gasteiger charge is 2.17. The first-order valence-electron chi connectivity index (χ1n) is 5.27. The van der Waals surface area contributed by atoms with Crippen LogP contribution >= 0.6 is 38.6 Å². The van der Waals surface area contributed by atoms with Gasteiger partial charge in [0.25, 0.3) is 0 Å². The number of methoxy groups -OCH3 is 1. The monoisotopic (exact) mass is 331 g/mol. The van der Waals surface area contributed by atoms with E-state index in [4.69, 9.17) is 4.74 Å². The lowest BCUT2D eigenvalue weighted by Gasteiger charge is -2.15. The molecule has 2 rings (SSSR count). The van der Waals surface area contributed by atoms with Gasteiger partial charge in [0.2, 0.25) is 0 Å². The van der Waals surface area contributed by atoms with Crippen LogP contribution in [0.2, 0.25) is 0 Å². The van der Waals surface area contributed by atoms with E-state index in [1.807, 2.05) is 13.1 Å². The normalized spacial score (nSPS) is 12.6. The molecular formula is C12H14BrNOS2. The van der Waals surface area contributed by atoms with Gasteiger partial charge in [0.15, 0.2) is 0 Å². The fourth-order valence-electron chi connectivity index (χ4n) is 1.72. The van der Waals surface area contributed by atoms with Crippen molar-refractivity contribution in [1.82, 2.24) is 5.32 Å². The van der Waals surface area contributed by atoms with E-state index in [2.05, 4.69) is 38.8 Å². The molecule has 0 bridgehead atoms.